The number of nitrogens with one attached hydrogen (secondary N) is 1. The third-order valence-corrected chi connectivity index (χ3v) is 4.29. The van der Waals surface area contributed by atoms with Gasteiger partial charge in [0.25, 0.3) is 0 Å². The molecule has 0 aliphatic heterocycles. The molecule has 0 spiro atoms. The number of rotatable bonds is 8. The van der Waals surface area contributed by atoms with E-state index in [-0.39, 0.29) is 19.4 Å². The van der Waals surface area contributed by atoms with Gasteiger partial charge in [-0.2, -0.15) is 0 Å². The van der Waals surface area contributed by atoms with Crippen LogP contribution in [-0.2, 0) is 9.53 Å². The molecule has 0 aliphatic rings. The second-order valence-corrected chi connectivity index (χ2v) is 8.38. The molecule has 0 saturated heterocycles. The highest BCUT2D eigenvalue weighted by Crippen LogP contribution is 2.24. The number of carboxylic acid groups (broad SMARTS) is 1. The fraction of sp³-hybridized carbons (Fsp3) is 0.450. The lowest BCUT2D eigenvalue weighted by Gasteiger charge is -2.20. The van der Waals surface area contributed by atoms with E-state index in [0.717, 1.165) is 6.08 Å². The number of alkyl carbamates (subject to hydrolysis) is 1. The molecule has 0 saturated carbocycles. The van der Waals surface area contributed by atoms with Crippen molar-refractivity contribution in [2.24, 2.45) is 4.99 Å². The Morgan fingerprint density at radius 1 is 1.28 bits per heavy atom. The van der Waals surface area contributed by atoms with E-state index in [1.165, 1.54) is 19.2 Å². The molecular weight excluding hydrogens is 422 g/mol. The fourth-order valence-electron chi connectivity index (χ4n) is 2.07. The Hall–Kier alpha value is -2.12. The molecule has 0 fully saturated rings. The highest BCUT2D eigenvalue weighted by Gasteiger charge is 2.32. The zero-order chi connectivity index (χ0) is 22.2. The summed E-state index contributed by atoms with van der Waals surface area (Å²) in [7, 11) is 0. The Morgan fingerprint density at radius 2 is 1.93 bits per heavy atom. The van der Waals surface area contributed by atoms with Crippen molar-refractivity contribution in [3.8, 4) is 0 Å². The summed E-state index contributed by atoms with van der Waals surface area (Å²) in [5.74, 6) is -1.76. The molecule has 9 heteroatoms. The normalized spacial score (nSPS) is 14.5. The fourth-order valence-corrected chi connectivity index (χ4v) is 2.53. The van der Waals surface area contributed by atoms with Gasteiger partial charge in [-0.1, -0.05) is 29.3 Å². The lowest BCUT2D eigenvalue weighted by molar-refractivity contribution is -0.142. The molecule has 1 aromatic carbocycles. The Morgan fingerprint density at radius 3 is 2.48 bits per heavy atom. The molecule has 0 aromatic heterocycles. The van der Waals surface area contributed by atoms with Crippen molar-refractivity contribution >= 4 is 41.5 Å². The molecule has 1 aromatic rings. The number of hydrogen-bond donors (Lipinski definition) is 2. The minimum absolute atomic E-state index is 0.0752. The van der Waals surface area contributed by atoms with Crippen LogP contribution in [0.25, 0.3) is 0 Å². The maximum absolute atomic E-state index is 14.0. The minimum Gasteiger partial charge on any atom is -0.479 e. The number of ether oxygens (including phenoxy) is 1. The minimum atomic E-state index is -1.55. The number of halogens is 3. The molecule has 1 unspecified atom stereocenters. The van der Waals surface area contributed by atoms with Crippen molar-refractivity contribution < 1.29 is 23.8 Å². The van der Waals surface area contributed by atoms with Gasteiger partial charge in [0.1, 0.15) is 5.60 Å². The molecule has 160 valence electrons. The first-order chi connectivity index (χ1) is 13.3. The first kappa shape index (κ1) is 24.9. The third-order valence-electron chi connectivity index (χ3n) is 3.73. The molecular formula is C20H25Cl2FN2O4. The first-order valence-electron chi connectivity index (χ1n) is 8.87. The summed E-state index contributed by atoms with van der Waals surface area (Å²) in [5.41, 5.74) is -1.70. The van der Waals surface area contributed by atoms with Crippen molar-refractivity contribution in [2.75, 3.05) is 6.54 Å². The van der Waals surface area contributed by atoms with Gasteiger partial charge in [0.2, 0.25) is 0 Å². The van der Waals surface area contributed by atoms with Gasteiger partial charge in [0.15, 0.2) is 5.54 Å². The maximum Gasteiger partial charge on any atom is 0.407 e. The Kier molecular flexibility index (Phi) is 9.11. The van der Waals surface area contributed by atoms with Crippen molar-refractivity contribution in [3.63, 3.8) is 0 Å². The van der Waals surface area contributed by atoms with Crippen LogP contribution in [0.15, 0.2) is 35.1 Å². The van der Waals surface area contributed by atoms with Crippen molar-refractivity contribution in [3.05, 3.63) is 45.7 Å². The van der Waals surface area contributed by atoms with Gasteiger partial charge in [0, 0.05) is 29.8 Å². The zero-order valence-electron chi connectivity index (χ0n) is 16.8. The summed E-state index contributed by atoms with van der Waals surface area (Å²) in [6, 6.07) is 4.73. The van der Waals surface area contributed by atoms with Crippen LogP contribution in [0.1, 0.15) is 46.1 Å². The van der Waals surface area contributed by atoms with Crippen molar-refractivity contribution in [1.82, 2.24) is 5.32 Å². The van der Waals surface area contributed by atoms with Crippen molar-refractivity contribution in [1.29, 1.82) is 0 Å². The molecule has 0 radical (unpaired) electrons. The number of allylic oxidation sites excluding steroid dienone is 1. The summed E-state index contributed by atoms with van der Waals surface area (Å²) in [6.07, 6.45) is 1.58. The molecule has 0 bridgehead atoms. The molecule has 1 atom stereocenters. The molecule has 0 heterocycles. The highest BCUT2D eigenvalue weighted by molar-refractivity contribution is 6.36. The van der Waals surface area contributed by atoms with Crippen LogP contribution in [0.3, 0.4) is 0 Å². The van der Waals surface area contributed by atoms with Crippen LogP contribution in [0.4, 0.5) is 9.18 Å². The summed E-state index contributed by atoms with van der Waals surface area (Å²) in [4.78, 5) is 27.3. The average Bonchev–Trinajstić information content (AvgIpc) is 2.57. The third kappa shape index (κ3) is 9.28. The Bertz CT molecular complexity index is 806. The molecule has 6 nitrogen and oxygen atoms in total. The van der Waals surface area contributed by atoms with Crippen LogP contribution in [0.5, 0.6) is 0 Å². The predicted octanol–water partition coefficient (Wildman–Crippen LogP) is 5.41. The van der Waals surface area contributed by atoms with Gasteiger partial charge in [-0.25, -0.2) is 14.0 Å². The van der Waals surface area contributed by atoms with E-state index < -0.39 is 29.0 Å². The Balaban J connectivity index is 2.69. The summed E-state index contributed by atoms with van der Waals surface area (Å²) in [6.45, 7) is 6.46. The highest BCUT2D eigenvalue weighted by atomic mass is 35.5. The van der Waals surface area contributed by atoms with E-state index in [9.17, 15) is 19.1 Å². The van der Waals surface area contributed by atoms with E-state index in [0.29, 0.717) is 15.6 Å². The second-order valence-electron chi connectivity index (χ2n) is 7.54. The van der Waals surface area contributed by atoms with E-state index in [2.05, 4.69) is 10.3 Å². The zero-order valence-corrected chi connectivity index (χ0v) is 18.3. The number of aliphatic imine (C=N–C) groups is 1. The maximum atomic E-state index is 14.0. The lowest BCUT2D eigenvalue weighted by atomic mass is 9.96. The van der Waals surface area contributed by atoms with Crippen LogP contribution in [-0.4, -0.2) is 41.1 Å². The first-order valence-corrected chi connectivity index (χ1v) is 9.63. The summed E-state index contributed by atoms with van der Waals surface area (Å²) < 4.78 is 19.1. The van der Waals surface area contributed by atoms with Gasteiger partial charge >= 0.3 is 12.1 Å². The lowest BCUT2D eigenvalue weighted by Crippen LogP contribution is -2.33. The topological polar surface area (TPSA) is 88.0 Å². The number of carbonyl (C=O) groups excluding carboxylic acids is 1. The summed E-state index contributed by atoms with van der Waals surface area (Å²) >= 11 is 11.9. The number of benzene rings is 1. The number of hydrogen-bond acceptors (Lipinski definition) is 4. The molecule has 1 rings (SSSR count). The van der Waals surface area contributed by atoms with E-state index in [4.69, 9.17) is 27.9 Å². The van der Waals surface area contributed by atoms with Gasteiger partial charge in [0.05, 0.1) is 10.8 Å². The van der Waals surface area contributed by atoms with Crippen LogP contribution >= 0.6 is 23.2 Å². The largest absolute Gasteiger partial charge is 0.479 e. The number of carboxylic acids is 1. The molecule has 0 aliphatic carbocycles. The van der Waals surface area contributed by atoms with Crippen LogP contribution < -0.4 is 5.32 Å². The monoisotopic (exact) mass is 446 g/mol. The number of amides is 1. The van der Waals surface area contributed by atoms with Gasteiger partial charge in [-0.15, -0.1) is 0 Å². The van der Waals surface area contributed by atoms with Crippen molar-refractivity contribution in [2.45, 2.75) is 51.7 Å². The van der Waals surface area contributed by atoms with Crippen LogP contribution in [0, 0.1) is 0 Å². The van der Waals surface area contributed by atoms with E-state index in [1.807, 2.05) is 0 Å². The molecule has 29 heavy (non-hydrogen) atoms. The number of nitrogens with zero attached hydrogens (tertiary/aromatic N) is 1. The van der Waals surface area contributed by atoms with Gasteiger partial charge < -0.3 is 15.2 Å². The SMILES string of the molecule is CC(C)(C)OC(=O)NC/C=C(\F)CCC(C)(/N=C/c1ccc(Cl)cc1Cl)C(=O)O. The Labute approximate surface area is 179 Å². The number of aliphatic carboxylic acids is 1. The van der Waals surface area contributed by atoms with E-state index >= 15 is 0 Å². The van der Waals surface area contributed by atoms with Crippen LogP contribution in [0.2, 0.25) is 10.0 Å². The molecule has 2 N–H and O–H groups in total. The van der Waals surface area contributed by atoms with E-state index in [1.54, 1.807) is 32.9 Å². The standard InChI is InChI=1S/C20H25Cl2FN2O4/c1-19(2,3)29-18(28)24-10-8-15(23)7-9-20(4,17(26)27)25-12-13-5-6-14(21)11-16(13)22/h5-6,8,11-12H,7,9-10H2,1-4H3,(H,24,28)(H,26,27)/b15-8-,25-12+. The number of carbonyl (C=O) groups is 2. The quantitative estimate of drug-likeness (QED) is 0.522. The smallest absolute Gasteiger partial charge is 0.407 e. The predicted molar refractivity (Wildman–Crippen MR) is 113 cm³/mol. The van der Waals surface area contributed by atoms with Gasteiger partial charge in [-0.05, 0) is 52.3 Å². The average molecular weight is 447 g/mol. The molecule has 1 amide bonds. The second kappa shape index (κ2) is 10.6. The van der Waals surface area contributed by atoms with Gasteiger partial charge in [-0.3, -0.25) is 4.99 Å². The summed E-state index contributed by atoms with van der Waals surface area (Å²) in [5, 5.41) is 12.7.